The van der Waals surface area contributed by atoms with Gasteiger partial charge in [0.1, 0.15) is 0 Å². The van der Waals surface area contributed by atoms with Gasteiger partial charge in [-0.1, -0.05) is 13.8 Å². The number of hydrogen-bond donors (Lipinski definition) is 0. The zero-order valence-electron chi connectivity index (χ0n) is 8.34. The summed E-state index contributed by atoms with van der Waals surface area (Å²) >= 11 is 0. The summed E-state index contributed by atoms with van der Waals surface area (Å²) in [5.74, 6) is 1.68. The van der Waals surface area contributed by atoms with Crippen molar-refractivity contribution in [1.29, 1.82) is 0 Å². The summed E-state index contributed by atoms with van der Waals surface area (Å²) in [6.07, 6.45) is 2.48. The highest BCUT2D eigenvalue weighted by atomic mass is 16.2. The number of nitrogens with zero attached hydrogens (tertiary/aromatic N) is 1. The van der Waals surface area contributed by atoms with Gasteiger partial charge in [0.25, 0.3) is 0 Å². The van der Waals surface area contributed by atoms with E-state index >= 15 is 0 Å². The van der Waals surface area contributed by atoms with Gasteiger partial charge in [0.2, 0.25) is 5.91 Å². The van der Waals surface area contributed by atoms with Crippen molar-refractivity contribution < 1.29 is 4.79 Å². The highest BCUT2D eigenvalue weighted by Crippen LogP contribution is 2.23. The molecule has 1 aliphatic heterocycles. The van der Waals surface area contributed by atoms with Gasteiger partial charge in [-0.2, -0.15) is 0 Å². The van der Waals surface area contributed by atoms with Crippen LogP contribution in [-0.2, 0) is 4.79 Å². The van der Waals surface area contributed by atoms with E-state index in [-0.39, 0.29) is 5.91 Å². The molecule has 0 aromatic heterocycles. The molecule has 0 radical (unpaired) electrons. The van der Waals surface area contributed by atoms with Crippen molar-refractivity contribution in [2.24, 2.45) is 11.8 Å². The molecule has 0 aromatic rings. The largest absolute Gasteiger partial charge is 0.343 e. The first-order valence-corrected chi connectivity index (χ1v) is 4.86. The molecule has 1 rings (SSSR count). The molecule has 2 heteroatoms. The highest BCUT2D eigenvalue weighted by Gasteiger charge is 2.23. The van der Waals surface area contributed by atoms with E-state index in [9.17, 15) is 4.79 Å². The third kappa shape index (κ3) is 2.23. The Kier molecular flexibility index (Phi) is 3.12. The first-order valence-electron chi connectivity index (χ1n) is 4.86. The van der Waals surface area contributed by atoms with Crippen LogP contribution < -0.4 is 0 Å². The van der Waals surface area contributed by atoms with Crippen molar-refractivity contribution in [3.63, 3.8) is 0 Å². The normalized spacial score (nSPS) is 24.7. The van der Waals surface area contributed by atoms with Gasteiger partial charge in [-0.25, -0.2) is 0 Å². The van der Waals surface area contributed by atoms with Gasteiger partial charge in [0.05, 0.1) is 0 Å². The van der Waals surface area contributed by atoms with Crippen molar-refractivity contribution in [2.75, 3.05) is 13.1 Å². The Morgan fingerprint density at radius 1 is 1.50 bits per heavy atom. The molecular weight excluding hydrogens is 150 g/mol. The summed E-state index contributed by atoms with van der Waals surface area (Å²) in [5.41, 5.74) is 0. The molecule has 1 atom stereocenters. The second-order valence-corrected chi connectivity index (χ2v) is 4.11. The van der Waals surface area contributed by atoms with E-state index in [1.54, 1.807) is 6.92 Å². The lowest BCUT2D eigenvalue weighted by Gasteiger charge is -2.34. The molecule has 0 aromatic carbocycles. The standard InChI is InChI=1S/C10H19NO/c1-8(2)10-5-4-6-11(7-10)9(3)12/h8,10H,4-7H2,1-3H3/t10-/m0/s1. The number of hydrogen-bond acceptors (Lipinski definition) is 1. The van der Waals surface area contributed by atoms with E-state index in [1.807, 2.05) is 4.90 Å². The second kappa shape index (κ2) is 3.92. The van der Waals surface area contributed by atoms with E-state index in [1.165, 1.54) is 12.8 Å². The topological polar surface area (TPSA) is 20.3 Å². The van der Waals surface area contributed by atoms with Crippen molar-refractivity contribution in [1.82, 2.24) is 4.90 Å². The van der Waals surface area contributed by atoms with Gasteiger partial charge in [0, 0.05) is 20.0 Å². The minimum absolute atomic E-state index is 0.236. The molecule has 0 saturated carbocycles. The predicted molar refractivity (Wildman–Crippen MR) is 49.8 cm³/mol. The SMILES string of the molecule is CC(=O)N1CCC[C@H](C(C)C)C1. The number of amides is 1. The Hall–Kier alpha value is -0.530. The average molecular weight is 169 g/mol. The number of rotatable bonds is 1. The van der Waals surface area contributed by atoms with E-state index in [0.29, 0.717) is 5.92 Å². The van der Waals surface area contributed by atoms with Gasteiger partial charge in [-0.15, -0.1) is 0 Å². The molecule has 2 nitrogen and oxygen atoms in total. The maximum atomic E-state index is 11.1. The third-order valence-corrected chi connectivity index (χ3v) is 2.85. The molecule has 12 heavy (non-hydrogen) atoms. The predicted octanol–water partition coefficient (Wildman–Crippen LogP) is 1.90. The Bertz CT molecular complexity index is 165. The van der Waals surface area contributed by atoms with Crippen molar-refractivity contribution >= 4 is 5.91 Å². The van der Waals surface area contributed by atoms with Gasteiger partial charge in [-0.05, 0) is 24.7 Å². The van der Waals surface area contributed by atoms with Crippen LogP contribution in [0.25, 0.3) is 0 Å². The molecule has 1 saturated heterocycles. The summed E-state index contributed by atoms with van der Waals surface area (Å²) in [4.78, 5) is 13.1. The van der Waals surface area contributed by atoms with Crippen molar-refractivity contribution in [3.8, 4) is 0 Å². The van der Waals surface area contributed by atoms with Crippen LogP contribution in [0.15, 0.2) is 0 Å². The lowest BCUT2D eigenvalue weighted by molar-refractivity contribution is -0.130. The van der Waals surface area contributed by atoms with Crippen LogP contribution in [0.2, 0.25) is 0 Å². The molecule has 0 unspecified atom stereocenters. The maximum Gasteiger partial charge on any atom is 0.219 e. The fraction of sp³-hybridized carbons (Fsp3) is 0.900. The quantitative estimate of drug-likeness (QED) is 0.587. The van der Waals surface area contributed by atoms with Crippen molar-refractivity contribution in [3.05, 3.63) is 0 Å². The second-order valence-electron chi connectivity index (χ2n) is 4.11. The first-order chi connectivity index (χ1) is 5.61. The fourth-order valence-corrected chi connectivity index (χ4v) is 1.84. The minimum atomic E-state index is 0.236. The van der Waals surface area contributed by atoms with Gasteiger partial charge in [0.15, 0.2) is 0 Å². The van der Waals surface area contributed by atoms with Crippen LogP contribution in [0.5, 0.6) is 0 Å². The first kappa shape index (κ1) is 9.56. The van der Waals surface area contributed by atoms with E-state index in [0.717, 1.165) is 19.0 Å². The molecule has 1 heterocycles. The minimum Gasteiger partial charge on any atom is -0.343 e. The van der Waals surface area contributed by atoms with Crippen LogP contribution >= 0.6 is 0 Å². The third-order valence-electron chi connectivity index (χ3n) is 2.85. The zero-order chi connectivity index (χ0) is 9.14. The lowest BCUT2D eigenvalue weighted by atomic mass is 9.88. The van der Waals surface area contributed by atoms with Gasteiger partial charge >= 0.3 is 0 Å². The van der Waals surface area contributed by atoms with Crippen LogP contribution in [0.3, 0.4) is 0 Å². The van der Waals surface area contributed by atoms with E-state index < -0.39 is 0 Å². The van der Waals surface area contributed by atoms with E-state index in [4.69, 9.17) is 0 Å². The van der Waals surface area contributed by atoms with Crippen LogP contribution in [0, 0.1) is 11.8 Å². The molecule has 0 N–H and O–H groups in total. The molecule has 1 aliphatic rings. The number of carbonyl (C=O) groups excluding carboxylic acids is 1. The monoisotopic (exact) mass is 169 g/mol. The van der Waals surface area contributed by atoms with Crippen molar-refractivity contribution in [2.45, 2.75) is 33.6 Å². The number of piperidine rings is 1. The summed E-state index contributed by atoms with van der Waals surface area (Å²) < 4.78 is 0. The Morgan fingerprint density at radius 2 is 2.17 bits per heavy atom. The Balaban J connectivity index is 2.46. The fourth-order valence-electron chi connectivity index (χ4n) is 1.84. The molecule has 1 fully saturated rings. The zero-order valence-corrected chi connectivity index (χ0v) is 8.34. The Morgan fingerprint density at radius 3 is 2.67 bits per heavy atom. The highest BCUT2D eigenvalue weighted by molar-refractivity contribution is 5.73. The Labute approximate surface area is 74.9 Å². The van der Waals surface area contributed by atoms with Crippen LogP contribution in [0.4, 0.5) is 0 Å². The average Bonchev–Trinajstić information content (AvgIpc) is 2.04. The molecule has 1 amide bonds. The molecule has 0 spiro atoms. The van der Waals surface area contributed by atoms with E-state index in [2.05, 4.69) is 13.8 Å². The van der Waals surface area contributed by atoms with Gasteiger partial charge < -0.3 is 4.90 Å². The van der Waals surface area contributed by atoms with Crippen LogP contribution in [0.1, 0.15) is 33.6 Å². The smallest absolute Gasteiger partial charge is 0.219 e. The molecule has 0 bridgehead atoms. The summed E-state index contributed by atoms with van der Waals surface area (Å²) in [5, 5.41) is 0. The van der Waals surface area contributed by atoms with Gasteiger partial charge in [-0.3, -0.25) is 4.79 Å². The molecular formula is C10H19NO. The van der Waals surface area contributed by atoms with Crippen LogP contribution in [-0.4, -0.2) is 23.9 Å². The molecule has 70 valence electrons. The number of carbonyl (C=O) groups is 1. The maximum absolute atomic E-state index is 11.1. The molecule has 0 aliphatic carbocycles. The summed E-state index contributed by atoms with van der Waals surface area (Å²) in [6.45, 7) is 8.11. The lowest BCUT2D eigenvalue weighted by Crippen LogP contribution is -2.40. The summed E-state index contributed by atoms with van der Waals surface area (Å²) in [6, 6.07) is 0. The number of likely N-dealkylation sites (tertiary alicyclic amines) is 1. The summed E-state index contributed by atoms with van der Waals surface area (Å²) in [7, 11) is 0.